The smallest absolute Gasteiger partial charge is 0.125 e. The maximum Gasteiger partial charge on any atom is 0.125 e. The molecule has 2 aromatic rings. The first kappa shape index (κ1) is 14.4. The summed E-state index contributed by atoms with van der Waals surface area (Å²) in [6.45, 7) is 4.70. The number of hydrogen-bond acceptors (Lipinski definition) is 2. The van der Waals surface area contributed by atoms with E-state index in [-0.39, 0.29) is 6.04 Å². The zero-order valence-corrected chi connectivity index (χ0v) is 13.0. The Morgan fingerprint density at radius 1 is 1.14 bits per heavy atom. The summed E-state index contributed by atoms with van der Waals surface area (Å²) < 4.78 is 5.69. The lowest BCUT2D eigenvalue weighted by Gasteiger charge is -2.26. The molecule has 112 valence electrons. The van der Waals surface area contributed by atoms with Crippen molar-refractivity contribution < 1.29 is 4.42 Å². The molecular weight excluding hydrogens is 258 g/mol. The average Bonchev–Trinajstić information content (AvgIpc) is 3.16. The minimum Gasteiger partial charge on any atom is -0.467 e. The fraction of sp³-hybridized carbons (Fsp3) is 0.474. The van der Waals surface area contributed by atoms with E-state index in [1.807, 2.05) is 6.07 Å². The van der Waals surface area contributed by atoms with Crippen molar-refractivity contribution in [2.45, 2.75) is 45.2 Å². The molecule has 21 heavy (non-hydrogen) atoms. The van der Waals surface area contributed by atoms with Gasteiger partial charge in [-0.05, 0) is 42.4 Å². The number of furan rings is 1. The lowest BCUT2D eigenvalue weighted by Crippen LogP contribution is -2.36. The molecule has 1 fully saturated rings. The lowest BCUT2D eigenvalue weighted by molar-refractivity contribution is 0.318. The Morgan fingerprint density at radius 2 is 1.95 bits per heavy atom. The van der Waals surface area contributed by atoms with E-state index in [1.54, 1.807) is 6.26 Å². The monoisotopic (exact) mass is 283 g/mol. The van der Waals surface area contributed by atoms with E-state index in [0.717, 1.165) is 17.6 Å². The first-order chi connectivity index (χ1) is 10.3. The van der Waals surface area contributed by atoms with Gasteiger partial charge in [-0.15, -0.1) is 0 Å². The Balaban J connectivity index is 1.81. The number of rotatable bonds is 5. The molecule has 1 N–H and O–H groups in total. The van der Waals surface area contributed by atoms with Crippen LogP contribution < -0.4 is 5.32 Å². The summed E-state index contributed by atoms with van der Waals surface area (Å²) in [6, 6.07) is 15.4. The third-order valence-electron chi connectivity index (χ3n) is 5.09. The summed E-state index contributed by atoms with van der Waals surface area (Å²) in [5.74, 6) is 2.60. The van der Waals surface area contributed by atoms with Crippen molar-refractivity contribution in [3.63, 3.8) is 0 Å². The predicted molar refractivity (Wildman–Crippen MR) is 86.1 cm³/mol. The standard InChI is InChI=1S/C19H25NO/c1-3-15-11-12-17(14(15)2)20-19(18-10-7-13-21-18)16-8-5-4-6-9-16/h4-10,13-15,17,19-20H,3,11-12H2,1-2H3. The van der Waals surface area contributed by atoms with Crippen LogP contribution in [0.5, 0.6) is 0 Å². The highest BCUT2D eigenvalue weighted by Crippen LogP contribution is 2.36. The molecule has 2 nitrogen and oxygen atoms in total. The molecule has 2 heteroatoms. The van der Waals surface area contributed by atoms with Gasteiger partial charge in [0.05, 0.1) is 12.3 Å². The van der Waals surface area contributed by atoms with Crippen LogP contribution in [-0.2, 0) is 0 Å². The highest BCUT2D eigenvalue weighted by molar-refractivity contribution is 5.26. The van der Waals surface area contributed by atoms with Gasteiger partial charge in [-0.3, -0.25) is 0 Å². The SMILES string of the molecule is CCC1CCC(NC(c2ccccc2)c2ccco2)C1C. The van der Waals surface area contributed by atoms with Gasteiger partial charge in [0.1, 0.15) is 5.76 Å². The Bertz CT molecular complexity index is 534. The Kier molecular flexibility index (Phi) is 4.45. The second kappa shape index (κ2) is 6.48. The minimum atomic E-state index is 0.157. The molecule has 1 aromatic heterocycles. The van der Waals surface area contributed by atoms with Gasteiger partial charge in [0.25, 0.3) is 0 Å². The van der Waals surface area contributed by atoms with E-state index >= 15 is 0 Å². The van der Waals surface area contributed by atoms with Crippen molar-refractivity contribution in [3.8, 4) is 0 Å². The second-order valence-corrected chi connectivity index (χ2v) is 6.24. The van der Waals surface area contributed by atoms with Crippen LogP contribution in [0.15, 0.2) is 53.1 Å². The Labute approximate surface area is 127 Å². The van der Waals surface area contributed by atoms with Crippen LogP contribution in [0.3, 0.4) is 0 Å². The molecule has 1 aliphatic carbocycles. The summed E-state index contributed by atoms with van der Waals surface area (Å²) in [4.78, 5) is 0. The van der Waals surface area contributed by atoms with E-state index in [1.165, 1.54) is 24.8 Å². The summed E-state index contributed by atoms with van der Waals surface area (Å²) in [5, 5.41) is 3.85. The van der Waals surface area contributed by atoms with Gasteiger partial charge in [-0.2, -0.15) is 0 Å². The third kappa shape index (κ3) is 3.06. The van der Waals surface area contributed by atoms with E-state index in [2.05, 4.69) is 55.6 Å². The van der Waals surface area contributed by atoms with Crippen LogP contribution in [0.4, 0.5) is 0 Å². The van der Waals surface area contributed by atoms with Gasteiger partial charge in [0.15, 0.2) is 0 Å². The highest BCUT2D eigenvalue weighted by Gasteiger charge is 2.33. The summed E-state index contributed by atoms with van der Waals surface area (Å²) in [7, 11) is 0. The highest BCUT2D eigenvalue weighted by atomic mass is 16.3. The summed E-state index contributed by atoms with van der Waals surface area (Å²) >= 11 is 0. The van der Waals surface area contributed by atoms with Crippen LogP contribution in [0.25, 0.3) is 0 Å². The molecule has 1 heterocycles. The quantitative estimate of drug-likeness (QED) is 0.854. The van der Waals surface area contributed by atoms with Crippen LogP contribution in [0, 0.1) is 11.8 Å². The molecule has 3 rings (SSSR count). The molecule has 0 bridgehead atoms. The third-order valence-corrected chi connectivity index (χ3v) is 5.09. The lowest BCUT2D eigenvalue weighted by atomic mass is 9.92. The fourth-order valence-electron chi connectivity index (χ4n) is 3.72. The molecule has 0 amide bonds. The topological polar surface area (TPSA) is 25.2 Å². The molecule has 1 saturated carbocycles. The molecule has 0 radical (unpaired) electrons. The van der Waals surface area contributed by atoms with E-state index in [4.69, 9.17) is 4.42 Å². The molecular formula is C19H25NO. The summed E-state index contributed by atoms with van der Waals surface area (Å²) in [6.07, 6.45) is 5.66. The Hall–Kier alpha value is -1.54. The van der Waals surface area contributed by atoms with Gasteiger partial charge in [-0.1, -0.05) is 50.6 Å². The molecule has 4 atom stereocenters. The maximum atomic E-state index is 5.69. The normalized spacial score (nSPS) is 26.9. The number of hydrogen-bond donors (Lipinski definition) is 1. The van der Waals surface area contributed by atoms with Gasteiger partial charge in [-0.25, -0.2) is 0 Å². The van der Waals surface area contributed by atoms with Crippen molar-refractivity contribution in [2.24, 2.45) is 11.8 Å². The Morgan fingerprint density at radius 3 is 2.57 bits per heavy atom. The zero-order chi connectivity index (χ0) is 14.7. The van der Waals surface area contributed by atoms with Crippen LogP contribution in [0.1, 0.15) is 50.5 Å². The maximum absolute atomic E-state index is 5.69. The second-order valence-electron chi connectivity index (χ2n) is 6.24. The molecule has 0 aliphatic heterocycles. The molecule has 1 aliphatic rings. The average molecular weight is 283 g/mol. The largest absolute Gasteiger partial charge is 0.467 e. The van der Waals surface area contributed by atoms with E-state index < -0.39 is 0 Å². The number of nitrogens with one attached hydrogen (secondary N) is 1. The van der Waals surface area contributed by atoms with E-state index in [9.17, 15) is 0 Å². The molecule has 0 saturated heterocycles. The molecule has 1 aromatic carbocycles. The minimum absolute atomic E-state index is 0.157. The fourth-order valence-corrected chi connectivity index (χ4v) is 3.72. The van der Waals surface area contributed by atoms with Crippen molar-refractivity contribution in [1.29, 1.82) is 0 Å². The van der Waals surface area contributed by atoms with Gasteiger partial charge in [0.2, 0.25) is 0 Å². The number of benzene rings is 1. The van der Waals surface area contributed by atoms with Crippen molar-refractivity contribution in [1.82, 2.24) is 5.32 Å². The molecule has 0 spiro atoms. The van der Waals surface area contributed by atoms with Crippen LogP contribution >= 0.6 is 0 Å². The van der Waals surface area contributed by atoms with Gasteiger partial charge >= 0.3 is 0 Å². The zero-order valence-electron chi connectivity index (χ0n) is 13.0. The van der Waals surface area contributed by atoms with Crippen LogP contribution in [-0.4, -0.2) is 6.04 Å². The first-order valence-corrected chi connectivity index (χ1v) is 8.14. The molecule has 4 unspecified atom stereocenters. The van der Waals surface area contributed by atoms with Gasteiger partial charge < -0.3 is 9.73 Å². The van der Waals surface area contributed by atoms with Gasteiger partial charge in [0, 0.05) is 6.04 Å². The van der Waals surface area contributed by atoms with Crippen molar-refractivity contribution >= 4 is 0 Å². The van der Waals surface area contributed by atoms with E-state index in [0.29, 0.717) is 6.04 Å². The predicted octanol–water partition coefficient (Wildman–Crippen LogP) is 4.78. The van der Waals surface area contributed by atoms with Crippen LogP contribution in [0.2, 0.25) is 0 Å². The first-order valence-electron chi connectivity index (χ1n) is 8.14. The summed E-state index contributed by atoms with van der Waals surface area (Å²) in [5.41, 5.74) is 1.28. The van der Waals surface area contributed by atoms with Crippen molar-refractivity contribution in [2.75, 3.05) is 0 Å². The van der Waals surface area contributed by atoms with Crippen molar-refractivity contribution in [3.05, 3.63) is 60.1 Å².